The third kappa shape index (κ3) is 14.4. The highest BCUT2D eigenvalue weighted by Crippen LogP contribution is 2.39. The van der Waals surface area contributed by atoms with Crippen molar-refractivity contribution in [1.29, 1.82) is 0 Å². The molecule has 21 N–H and O–H groups in total. The van der Waals surface area contributed by atoms with Crippen molar-refractivity contribution in [2.24, 2.45) is 7.05 Å². The number of para-hydroxylation sites is 2. The van der Waals surface area contributed by atoms with Gasteiger partial charge >= 0.3 is 5.69 Å². The van der Waals surface area contributed by atoms with Crippen LogP contribution in [0.3, 0.4) is 0 Å². The zero-order chi connectivity index (χ0) is 70.6. The Balaban J connectivity index is 0.883. The molecule has 35 atom stereocenters. The van der Waals surface area contributed by atoms with Gasteiger partial charge in [-0.25, -0.2) is 14.8 Å². The van der Waals surface area contributed by atoms with E-state index in [0.29, 0.717) is 11.0 Å². The van der Waals surface area contributed by atoms with Gasteiger partial charge in [-0.1, -0.05) is 12.1 Å². The number of nitrogens with one attached hydrogen (secondary N) is 1. The zero-order valence-electron chi connectivity index (χ0n) is 51.6. The van der Waals surface area contributed by atoms with E-state index in [-0.39, 0.29) is 11.2 Å². The molecule has 14 bridgehead atoms. The number of hydrogen-bond donors (Lipinski definition) is 21. The lowest BCUT2D eigenvalue weighted by molar-refractivity contribution is -0.396. The maximum absolute atomic E-state index is 13.9. The molecule has 21 saturated heterocycles. The number of ether oxygens (including phenoxy) is 14. The molecule has 24 rings (SSSR count). The number of aryl methyl sites for hydroxylation is 1. The standard InChI is InChI=1S/C56H81N5O37/c1-60-48(83)25-47(59-16-5-3-2-4-15(16)58-25)61(56(60)84)7-6-24(68)57-8-17-40-26(69)33(76)49(85-17)93-41-18(9-62)87-51(35(78)28(41)71)95-43-20(11-64)89-53(37(80)30(43)73)97-45-22(13-66)91-55(39(82)32(45)75)98-46-23(14-67)90-54(38(81)31(46)74)96-44-21(12-65)88-52(36(79)29(44)72)94-42-19(10-63)86-50(92-40)34(77)27(42)70/h2-5,17-23,26-46,49-55,62-67,69-82H,6-14H2,1H3,(H,57,68)/t17-,18-,19-,20-,21-,22-,23-,26-,27-,28-,29-,30-,31-,32-,33-,34-,35-,36-,37-,38-,39-,40-,41-,42-,43-,44-,45-,46-,49-,50-,51-,52-,53-,54-,55-/m1/s1. The molecule has 0 saturated carbocycles. The molecule has 3 aromatic rings. The first kappa shape index (κ1) is 74.8. The Labute approximate surface area is 550 Å². The van der Waals surface area contributed by atoms with Gasteiger partial charge in [0, 0.05) is 26.6 Å². The molecule has 1 aromatic carbocycles. The Morgan fingerprint density at radius 3 is 0.918 bits per heavy atom. The summed E-state index contributed by atoms with van der Waals surface area (Å²) in [6.45, 7) is -7.80. The summed E-state index contributed by atoms with van der Waals surface area (Å²) in [4.78, 5) is 49.5. The van der Waals surface area contributed by atoms with Crippen molar-refractivity contribution < 1.29 is 173 Å². The second-order valence-corrected chi connectivity index (χ2v) is 24.7. The predicted molar refractivity (Wildman–Crippen MR) is 306 cm³/mol. The number of hydrogen-bond acceptors (Lipinski definition) is 39. The first-order valence-corrected chi connectivity index (χ1v) is 31.3. The van der Waals surface area contributed by atoms with Crippen LogP contribution >= 0.6 is 0 Å². The summed E-state index contributed by atoms with van der Waals surface area (Å²) < 4.78 is 83.1. The second kappa shape index (κ2) is 31.3. The fraction of sp³-hybridized carbons (Fsp3) is 0.804. The number of carbonyl (C=O) groups excluding carboxylic acids is 1. The van der Waals surface area contributed by atoms with E-state index in [2.05, 4.69) is 15.3 Å². The van der Waals surface area contributed by atoms with Gasteiger partial charge in [-0.3, -0.25) is 18.7 Å². The highest BCUT2D eigenvalue weighted by molar-refractivity contribution is 5.84. The molecule has 0 spiro atoms. The molecule has 21 aliphatic rings. The molecule has 0 aliphatic carbocycles. The monoisotopic (exact) mass is 1420 g/mol. The van der Waals surface area contributed by atoms with E-state index >= 15 is 0 Å². The van der Waals surface area contributed by atoms with Crippen molar-refractivity contribution >= 4 is 28.1 Å². The number of rotatable bonds is 11. The van der Waals surface area contributed by atoms with Crippen molar-refractivity contribution in [3.8, 4) is 0 Å². The number of aliphatic hydroxyl groups excluding tert-OH is 20. The van der Waals surface area contributed by atoms with Crippen LogP contribution in [0, 0.1) is 0 Å². The number of aliphatic hydroxyl groups is 20. The summed E-state index contributed by atoms with van der Waals surface area (Å²) in [7, 11) is 1.19. The third-order valence-electron chi connectivity index (χ3n) is 18.5. The van der Waals surface area contributed by atoms with Crippen LogP contribution in [0.2, 0.25) is 0 Å². The molecule has 21 fully saturated rings. The molecular weight excluding hydrogens is 1330 g/mol. The van der Waals surface area contributed by atoms with Crippen LogP contribution in [-0.2, 0) is 84.7 Å². The molecule has 42 nitrogen and oxygen atoms in total. The molecule has 552 valence electrons. The van der Waals surface area contributed by atoms with Crippen molar-refractivity contribution in [2.75, 3.05) is 46.2 Å². The molecular formula is C56H81N5O37. The minimum atomic E-state index is -2.34. The number of carbonyl (C=O) groups is 1. The number of fused-ring (bicyclic) bond motifs is 2. The minimum Gasteiger partial charge on any atom is -0.394 e. The van der Waals surface area contributed by atoms with Gasteiger partial charge in [0.2, 0.25) is 5.91 Å². The fourth-order valence-electron chi connectivity index (χ4n) is 13.0. The number of benzene rings is 1. The first-order chi connectivity index (χ1) is 46.8. The van der Waals surface area contributed by atoms with Gasteiger partial charge in [0.15, 0.2) is 55.2 Å². The molecule has 2 aromatic heterocycles. The van der Waals surface area contributed by atoms with Crippen LogP contribution in [0.5, 0.6) is 0 Å². The smallest absolute Gasteiger partial charge is 0.332 e. The minimum absolute atomic E-state index is 0.167. The Morgan fingerprint density at radius 1 is 0.388 bits per heavy atom. The highest BCUT2D eigenvalue weighted by Gasteiger charge is 2.60. The maximum atomic E-state index is 13.9. The average molecular weight is 1420 g/mol. The van der Waals surface area contributed by atoms with Gasteiger partial charge in [0.1, 0.15) is 171 Å². The Hall–Kier alpha value is -4.39. The van der Waals surface area contributed by atoms with Crippen LogP contribution in [0.25, 0.3) is 22.2 Å². The van der Waals surface area contributed by atoms with Gasteiger partial charge in [0.25, 0.3) is 5.56 Å². The largest absolute Gasteiger partial charge is 0.394 e. The van der Waals surface area contributed by atoms with Crippen molar-refractivity contribution in [2.45, 2.75) is 228 Å². The van der Waals surface area contributed by atoms with Crippen LogP contribution in [0.4, 0.5) is 0 Å². The van der Waals surface area contributed by atoms with E-state index in [0.717, 1.165) is 9.13 Å². The number of nitrogens with zero attached hydrogens (tertiary/aromatic N) is 4. The molecule has 1 amide bonds. The number of amides is 1. The lowest BCUT2D eigenvalue weighted by Crippen LogP contribution is -2.68. The number of aromatic nitrogens is 4. The Kier molecular flexibility index (Phi) is 23.9. The van der Waals surface area contributed by atoms with Crippen molar-refractivity contribution in [1.82, 2.24) is 24.4 Å². The second-order valence-electron chi connectivity index (χ2n) is 24.7. The van der Waals surface area contributed by atoms with Gasteiger partial charge in [0.05, 0.1) is 50.7 Å². The normalized spacial score (nSPS) is 46.0. The van der Waals surface area contributed by atoms with Crippen LogP contribution in [0.15, 0.2) is 33.9 Å². The van der Waals surface area contributed by atoms with E-state index < -0.39 is 291 Å². The molecule has 0 unspecified atom stereocenters. The Morgan fingerprint density at radius 2 is 0.643 bits per heavy atom. The van der Waals surface area contributed by atoms with Gasteiger partial charge < -0.3 is 174 Å². The van der Waals surface area contributed by atoms with Gasteiger partial charge in [-0.2, -0.15) is 0 Å². The molecule has 21 aliphatic heterocycles. The quantitative estimate of drug-likeness (QED) is 0.0793. The average Bonchev–Trinajstić information content (AvgIpc) is 0.785. The van der Waals surface area contributed by atoms with Crippen LogP contribution < -0.4 is 16.6 Å². The van der Waals surface area contributed by atoms with E-state index in [1.54, 1.807) is 24.3 Å². The summed E-state index contributed by atoms with van der Waals surface area (Å²) in [6.07, 6.45) is -73.5. The lowest BCUT2D eigenvalue weighted by Gasteiger charge is -2.50. The summed E-state index contributed by atoms with van der Waals surface area (Å²) in [6, 6.07) is 6.46. The van der Waals surface area contributed by atoms with E-state index in [9.17, 15) is 117 Å². The SMILES string of the molecule is Cn1c(=O)c2nc3ccccc3nc2n(CCC(=O)NC[C@H]2O[C@@H]3O[C@H]4[C@H](O)[C@@H](O)[C@@H](O[C@H]5[C@H](O)[C@@H](O)[C@@H](O[C@H]6[C@H](O)[C@@H](O)[C@@H](O[C@H]7[C@H](O)[C@@H](O)[C@@H](O[C@H]8[C@H](O)[C@@H](O)[C@@H](O[C@H]9[C@H](O)[C@@H](O)[C@@H](O[C@H]2[C@H](O)[C@H]3O)O[C@@H]9CO)O[C@@H]8CO)O[C@@H]7CO)O[C@@H]6CO)O[C@@H]5CO)O[C@@H]4CO)c1=O. The van der Waals surface area contributed by atoms with Crippen LogP contribution in [-0.4, -0.2) is 388 Å². The van der Waals surface area contributed by atoms with E-state index in [1.165, 1.54) is 7.05 Å². The molecule has 42 heteroatoms. The highest BCUT2D eigenvalue weighted by atomic mass is 16.8. The Bertz CT molecular complexity index is 3270. The lowest BCUT2D eigenvalue weighted by atomic mass is 9.95. The summed E-state index contributed by atoms with van der Waals surface area (Å²) in [5, 5.41) is 228. The van der Waals surface area contributed by atoms with Gasteiger partial charge in [-0.15, -0.1) is 0 Å². The van der Waals surface area contributed by atoms with E-state index in [4.69, 9.17) is 66.3 Å². The molecule has 23 heterocycles. The van der Waals surface area contributed by atoms with E-state index in [1.807, 2.05) is 0 Å². The fourth-order valence-corrected chi connectivity index (χ4v) is 13.0. The topological polar surface area (TPSA) is 633 Å². The molecule has 0 radical (unpaired) electrons. The van der Waals surface area contributed by atoms with Gasteiger partial charge in [-0.05, 0) is 12.1 Å². The molecule has 98 heavy (non-hydrogen) atoms. The zero-order valence-corrected chi connectivity index (χ0v) is 51.6. The summed E-state index contributed by atoms with van der Waals surface area (Å²) in [5.41, 5.74) is -1.41. The predicted octanol–water partition coefficient (Wildman–Crippen LogP) is -15.1. The summed E-state index contributed by atoms with van der Waals surface area (Å²) >= 11 is 0. The maximum Gasteiger partial charge on any atom is 0.332 e. The van der Waals surface area contributed by atoms with Crippen molar-refractivity contribution in [3.05, 3.63) is 45.1 Å². The third-order valence-corrected chi connectivity index (χ3v) is 18.5. The summed E-state index contributed by atoms with van der Waals surface area (Å²) in [5.74, 6) is -0.873. The van der Waals surface area contributed by atoms with Crippen LogP contribution in [0.1, 0.15) is 6.42 Å². The van der Waals surface area contributed by atoms with Crippen molar-refractivity contribution in [3.63, 3.8) is 0 Å². The first-order valence-electron chi connectivity index (χ1n) is 31.3.